The number of aryl methyl sites for hydroxylation is 1. The Hall–Kier alpha value is -2.11. The summed E-state index contributed by atoms with van der Waals surface area (Å²) in [7, 11) is 1.56. The van der Waals surface area contributed by atoms with Crippen molar-refractivity contribution in [3.8, 4) is 5.75 Å². The highest BCUT2D eigenvalue weighted by Gasteiger charge is 2.15. The van der Waals surface area contributed by atoms with Gasteiger partial charge in [-0.1, -0.05) is 23.7 Å². The molecule has 2 rings (SSSR count). The smallest absolute Gasteiger partial charge is 0.256 e. The van der Waals surface area contributed by atoms with Gasteiger partial charge in [0.25, 0.3) is 5.91 Å². The number of carbonyl (C=O) groups excluding carboxylic acids is 1. The molecule has 0 aromatic heterocycles. The molecule has 122 valence electrons. The van der Waals surface area contributed by atoms with Crippen LogP contribution in [0.15, 0.2) is 36.4 Å². The number of para-hydroxylation sites is 1. The number of hydrogen-bond acceptors (Lipinski definition) is 3. The van der Waals surface area contributed by atoms with Gasteiger partial charge in [-0.3, -0.25) is 4.79 Å². The van der Waals surface area contributed by atoms with Gasteiger partial charge in [-0.2, -0.15) is 0 Å². The fourth-order valence-corrected chi connectivity index (χ4v) is 2.24. The zero-order valence-corrected chi connectivity index (χ0v) is 13.6. The highest BCUT2D eigenvalue weighted by Crippen LogP contribution is 2.33. The fraction of sp³-hybridized carbons (Fsp3) is 0.235. The molecule has 0 unspecified atom stereocenters. The Morgan fingerprint density at radius 2 is 2.04 bits per heavy atom. The molecular weight excluding hydrogens is 321 g/mol. The van der Waals surface area contributed by atoms with Crippen LogP contribution in [0, 0.1) is 12.7 Å². The second kappa shape index (κ2) is 7.94. The molecule has 0 fully saturated rings. The maximum absolute atomic E-state index is 13.4. The van der Waals surface area contributed by atoms with Crippen molar-refractivity contribution in [2.75, 3.05) is 25.6 Å². The summed E-state index contributed by atoms with van der Waals surface area (Å²) in [6.45, 7) is 2.42. The largest absolute Gasteiger partial charge is 0.487 e. The van der Waals surface area contributed by atoms with Crippen LogP contribution in [-0.2, 0) is 4.74 Å². The number of methoxy groups -OCH3 is 1. The maximum Gasteiger partial charge on any atom is 0.256 e. The first-order chi connectivity index (χ1) is 11.0. The van der Waals surface area contributed by atoms with E-state index in [1.54, 1.807) is 38.3 Å². The summed E-state index contributed by atoms with van der Waals surface area (Å²) >= 11 is 6.12. The van der Waals surface area contributed by atoms with Crippen LogP contribution >= 0.6 is 11.6 Å². The monoisotopic (exact) mass is 337 g/mol. The van der Waals surface area contributed by atoms with Crippen LogP contribution in [0.4, 0.5) is 10.1 Å². The third-order valence-electron chi connectivity index (χ3n) is 3.19. The number of nitrogens with one attached hydrogen (secondary N) is 1. The third-order valence-corrected chi connectivity index (χ3v) is 3.49. The van der Waals surface area contributed by atoms with Gasteiger partial charge in [0.2, 0.25) is 0 Å². The van der Waals surface area contributed by atoms with Crippen molar-refractivity contribution in [1.82, 2.24) is 0 Å². The minimum Gasteiger partial charge on any atom is -0.487 e. The average molecular weight is 338 g/mol. The zero-order chi connectivity index (χ0) is 16.8. The van der Waals surface area contributed by atoms with Crippen molar-refractivity contribution < 1.29 is 18.7 Å². The highest BCUT2D eigenvalue weighted by atomic mass is 35.5. The fourth-order valence-electron chi connectivity index (χ4n) is 2.01. The third kappa shape index (κ3) is 4.43. The number of amides is 1. The molecule has 0 aliphatic heterocycles. The Balaban J connectivity index is 2.23. The van der Waals surface area contributed by atoms with Gasteiger partial charge in [0, 0.05) is 12.7 Å². The number of rotatable bonds is 6. The van der Waals surface area contributed by atoms with Crippen LogP contribution in [0.1, 0.15) is 15.9 Å². The van der Waals surface area contributed by atoms with Crippen LogP contribution in [-0.4, -0.2) is 26.2 Å². The van der Waals surface area contributed by atoms with Crippen molar-refractivity contribution in [1.29, 1.82) is 0 Å². The van der Waals surface area contributed by atoms with Crippen molar-refractivity contribution in [3.05, 3.63) is 58.4 Å². The van der Waals surface area contributed by atoms with Gasteiger partial charge >= 0.3 is 0 Å². The summed E-state index contributed by atoms with van der Waals surface area (Å²) in [4.78, 5) is 12.4. The molecule has 1 amide bonds. The van der Waals surface area contributed by atoms with Gasteiger partial charge in [0.15, 0.2) is 5.75 Å². The van der Waals surface area contributed by atoms with E-state index in [-0.39, 0.29) is 5.56 Å². The number of hydrogen-bond donors (Lipinski definition) is 1. The molecular formula is C17H17ClFNO3. The molecule has 4 nitrogen and oxygen atoms in total. The van der Waals surface area contributed by atoms with Crippen molar-refractivity contribution in [2.45, 2.75) is 6.92 Å². The second-order valence-electron chi connectivity index (χ2n) is 4.87. The summed E-state index contributed by atoms with van der Waals surface area (Å²) in [5, 5.41) is 3.08. The minimum absolute atomic E-state index is 0.257. The lowest BCUT2D eigenvalue weighted by atomic mass is 10.1. The quantitative estimate of drug-likeness (QED) is 0.808. The number of benzene rings is 2. The first kappa shape index (κ1) is 17.2. The van der Waals surface area contributed by atoms with E-state index in [1.807, 2.05) is 0 Å². The van der Waals surface area contributed by atoms with Crippen molar-refractivity contribution in [3.63, 3.8) is 0 Å². The van der Waals surface area contributed by atoms with E-state index < -0.39 is 11.7 Å². The Kier molecular flexibility index (Phi) is 5.96. The summed E-state index contributed by atoms with van der Waals surface area (Å²) < 4.78 is 23.8. The Bertz CT molecular complexity index is 706. The van der Waals surface area contributed by atoms with Crippen molar-refractivity contribution >= 4 is 23.2 Å². The second-order valence-corrected chi connectivity index (χ2v) is 5.28. The Morgan fingerprint density at radius 1 is 1.26 bits per heavy atom. The van der Waals surface area contributed by atoms with E-state index in [9.17, 15) is 9.18 Å². The first-order valence-corrected chi connectivity index (χ1v) is 7.38. The number of anilines is 1. The van der Waals surface area contributed by atoms with Crippen LogP contribution in [0.25, 0.3) is 0 Å². The SMILES string of the molecule is COCCOc1c(Cl)cccc1NC(=O)c1cc(F)ccc1C. The molecule has 0 bridgehead atoms. The molecule has 1 N–H and O–H groups in total. The Morgan fingerprint density at radius 3 is 2.78 bits per heavy atom. The lowest BCUT2D eigenvalue weighted by molar-refractivity contribution is 0.102. The molecule has 2 aromatic carbocycles. The van der Waals surface area contributed by atoms with Gasteiger partial charge in [0.05, 0.1) is 17.3 Å². The molecule has 2 aromatic rings. The zero-order valence-electron chi connectivity index (χ0n) is 12.9. The van der Waals surface area contributed by atoms with Crippen LogP contribution in [0.5, 0.6) is 5.75 Å². The van der Waals surface area contributed by atoms with E-state index in [0.717, 1.165) is 0 Å². The van der Waals surface area contributed by atoms with Crippen LogP contribution in [0.2, 0.25) is 5.02 Å². The lowest BCUT2D eigenvalue weighted by Gasteiger charge is -2.14. The summed E-state index contributed by atoms with van der Waals surface area (Å²) in [5.41, 5.74) is 1.35. The molecule has 0 atom stereocenters. The minimum atomic E-state index is -0.469. The number of ether oxygens (including phenoxy) is 2. The molecule has 0 radical (unpaired) electrons. The molecule has 23 heavy (non-hydrogen) atoms. The lowest BCUT2D eigenvalue weighted by Crippen LogP contribution is -2.15. The van der Waals surface area contributed by atoms with Gasteiger partial charge in [-0.15, -0.1) is 0 Å². The molecule has 0 saturated carbocycles. The average Bonchev–Trinajstić information content (AvgIpc) is 2.52. The Labute approximate surface area is 139 Å². The van der Waals surface area contributed by atoms with E-state index in [1.165, 1.54) is 12.1 Å². The standard InChI is InChI=1S/C17H17ClFNO3/c1-11-6-7-12(19)10-13(11)17(21)20-15-5-3-4-14(18)16(15)23-9-8-22-2/h3-7,10H,8-9H2,1-2H3,(H,20,21). The molecule has 0 saturated heterocycles. The van der Waals surface area contributed by atoms with E-state index >= 15 is 0 Å². The van der Waals surface area contributed by atoms with E-state index in [0.29, 0.717) is 35.2 Å². The van der Waals surface area contributed by atoms with Gasteiger partial charge in [0.1, 0.15) is 12.4 Å². The topological polar surface area (TPSA) is 47.6 Å². The molecule has 0 heterocycles. The van der Waals surface area contributed by atoms with Gasteiger partial charge < -0.3 is 14.8 Å². The van der Waals surface area contributed by atoms with Crippen LogP contribution < -0.4 is 10.1 Å². The summed E-state index contributed by atoms with van der Waals surface area (Å²) in [6.07, 6.45) is 0. The predicted molar refractivity (Wildman–Crippen MR) is 87.9 cm³/mol. The highest BCUT2D eigenvalue weighted by molar-refractivity contribution is 6.32. The summed E-state index contributed by atoms with van der Waals surface area (Å²) in [5.74, 6) is -0.544. The molecule has 6 heteroatoms. The molecule has 0 aliphatic carbocycles. The van der Waals surface area contributed by atoms with E-state index in [2.05, 4.69) is 5.32 Å². The van der Waals surface area contributed by atoms with Gasteiger partial charge in [-0.25, -0.2) is 4.39 Å². The van der Waals surface area contributed by atoms with Crippen molar-refractivity contribution in [2.24, 2.45) is 0 Å². The van der Waals surface area contributed by atoms with Gasteiger partial charge in [-0.05, 0) is 36.8 Å². The first-order valence-electron chi connectivity index (χ1n) is 7.00. The normalized spacial score (nSPS) is 10.4. The number of carbonyl (C=O) groups is 1. The number of halogens is 2. The maximum atomic E-state index is 13.4. The molecule has 0 spiro atoms. The predicted octanol–water partition coefficient (Wildman–Crippen LogP) is 4.07. The molecule has 0 aliphatic rings. The van der Waals surface area contributed by atoms with E-state index in [4.69, 9.17) is 21.1 Å². The summed E-state index contributed by atoms with van der Waals surface area (Å²) in [6, 6.07) is 9.08. The van der Waals surface area contributed by atoms with Crippen LogP contribution in [0.3, 0.4) is 0 Å².